The van der Waals surface area contributed by atoms with Gasteiger partial charge in [-0.2, -0.15) is 0 Å². The Morgan fingerprint density at radius 1 is 1.24 bits per heavy atom. The second-order valence-corrected chi connectivity index (χ2v) is 7.14. The van der Waals surface area contributed by atoms with Gasteiger partial charge in [0.2, 0.25) is 0 Å². The van der Waals surface area contributed by atoms with Gasteiger partial charge in [-0.15, -0.1) is 12.4 Å². The molecular formula is C19H29ClN2O3. The van der Waals surface area contributed by atoms with Crippen LogP contribution in [0.15, 0.2) is 24.3 Å². The van der Waals surface area contributed by atoms with Gasteiger partial charge in [-0.25, -0.2) is 4.79 Å². The van der Waals surface area contributed by atoms with Crippen molar-refractivity contribution in [2.24, 2.45) is 5.41 Å². The highest BCUT2D eigenvalue weighted by Gasteiger charge is 2.38. The Kier molecular flexibility index (Phi) is 7.11. The van der Waals surface area contributed by atoms with Crippen molar-refractivity contribution in [3.8, 4) is 5.75 Å². The van der Waals surface area contributed by atoms with E-state index in [9.17, 15) is 4.79 Å². The first-order chi connectivity index (χ1) is 11.6. The summed E-state index contributed by atoms with van der Waals surface area (Å²) in [4.78, 5) is 14.0. The Morgan fingerprint density at radius 2 is 1.92 bits per heavy atom. The minimum absolute atomic E-state index is 0. The number of nitrogens with zero attached hydrogens (tertiary/aromatic N) is 1. The molecule has 2 fully saturated rings. The molecule has 5 nitrogen and oxygen atoms in total. The first-order valence-corrected chi connectivity index (χ1v) is 8.87. The first kappa shape index (κ1) is 20.0. The zero-order valence-electron chi connectivity index (χ0n) is 15.1. The van der Waals surface area contributed by atoms with Crippen molar-refractivity contribution in [1.82, 2.24) is 10.2 Å². The van der Waals surface area contributed by atoms with E-state index in [-0.39, 0.29) is 18.4 Å². The zero-order chi connectivity index (χ0) is 17.0. The fourth-order valence-electron chi connectivity index (χ4n) is 3.88. The van der Waals surface area contributed by atoms with Crippen LogP contribution in [0.2, 0.25) is 0 Å². The maximum Gasteiger partial charge on any atom is 0.346 e. The number of esters is 1. The van der Waals surface area contributed by atoms with Crippen LogP contribution in [0, 0.1) is 5.41 Å². The van der Waals surface area contributed by atoms with Crippen LogP contribution in [0.5, 0.6) is 5.75 Å². The van der Waals surface area contributed by atoms with Crippen molar-refractivity contribution >= 4 is 18.4 Å². The van der Waals surface area contributed by atoms with E-state index in [1.54, 1.807) is 6.92 Å². The average Bonchev–Trinajstić information content (AvgIpc) is 2.98. The molecule has 2 heterocycles. The molecule has 1 atom stereocenters. The summed E-state index contributed by atoms with van der Waals surface area (Å²) >= 11 is 0. The zero-order valence-corrected chi connectivity index (χ0v) is 15.9. The highest BCUT2D eigenvalue weighted by Crippen LogP contribution is 2.39. The molecule has 140 valence electrons. The van der Waals surface area contributed by atoms with E-state index in [1.165, 1.54) is 45.0 Å². The Hall–Kier alpha value is -1.30. The Labute approximate surface area is 156 Å². The summed E-state index contributed by atoms with van der Waals surface area (Å²) in [7, 11) is 1.37. The number of benzene rings is 1. The molecule has 6 heteroatoms. The number of methoxy groups -OCH3 is 1. The van der Waals surface area contributed by atoms with Crippen molar-refractivity contribution < 1.29 is 14.3 Å². The fourth-order valence-corrected chi connectivity index (χ4v) is 3.88. The second kappa shape index (κ2) is 8.88. The Bertz CT molecular complexity index is 558. The third-order valence-electron chi connectivity index (χ3n) is 5.36. The largest absolute Gasteiger partial charge is 0.479 e. The van der Waals surface area contributed by atoms with E-state index in [1.807, 2.05) is 12.1 Å². The number of carbonyl (C=O) groups excluding carboxylic acids is 1. The van der Waals surface area contributed by atoms with E-state index in [0.717, 1.165) is 19.6 Å². The summed E-state index contributed by atoms with van der Waals surface area (Å²) in [6.07, 6.45) is 3.36. The van der Waals surface area contributed by atoms with E-state index < -0.39 is 6.10 Å². The third kappa shape index (κ3) is 5.09. The van der Waals surface area contributed by atoms with Crippen LogP contribution in [0.4, 0.5) is 0 Å². The van der Waals surface area contributed by atoms with Crippen LogP contribution >= 0.6 is 12.4 Å². The quantitative estimate of drug-likeness (QED) is 0.810. The molecule has 2 aliphatic heterocycles. The number of halogens is 1. The summed E-state index contributed by atoms with van der Waals surface area (Å²) in [5.41, 5.74) is 1.84. The molecule has 2 saturated heterocycles. The molecular weight excluding hydrogens is 340 g/mol. The number of carbonyl (C=O) groups is 1. The SMILES string of the molecule is COC(=O)C(C)Oc1ccc(CN2CCC3(CCNCC3)C2)cc1.Cl. The van der Waals surface area contributed by atoms with Crippen LogP contribution in [0.1, 0.15) is 31.7 Å². The van der Waals surface area contributed by atoms with Crippen LogP contribution in [-0.4, -0.2) is 50.3 Å². The van der Waals surface area contributed by atoms with Gasteiger partial charge in [-0.05, 0) is 68.9 Å². The molecule has 1 aromatic carbocycles. The molecule has 0 bridgehead atoms. The molecule has 1 unspecified atom stereocenters. The molecule has 0 radical (unpaired) electrons. The number of ether oxygens (including phenoxy) is 2. The monoisotopic (exact) mass is 368 g/mol. The highest BCUT2D eigenvalue weighted by molar-refractivity contribution is 5.85. The Balaban J connectivity index is 0.00000225. The summed E-state index contributed by atoms with van der Waals surface area (Å²) in [5.74, 6) is 0.344. The molecule has 0 aromatic heterocycles. The number of hydrogen-bond acceptors (Lipinski definition) is 5. The van der Waals surface area contributed by atoms with Crippen LogP contribution in [-0.2, 0) is 16.1 Å². The molecule has 0 amide bonds. The third-order valence-corrected chi connectivity index (χ3v) is 5.36. The van der Waals surface area contributed by atoms with Gasteiger partial charge in [0, 0.05) is 13.1 Å². The second-order valence-electron chi connectivity index (χ2n) is 7.14. The summed E-state index contributed by atoms with van der Waals surface area (Å²) < 4.78 is 10.3. The number of piperidine rings is 1. The van der Waals surface area contributed by atoms with Crippen molar-refractivity contribution in [3.63, 3.8) is 0 Å². The molecule has 25 heavy (non-hydrogen) atoms. The number of rotatable bonds is 5. The Morgan fingerprint density at radius 3 is 2.56 bits per heavy atom. The summed E-state index contributed by atoms with van der Waals surface area (Å²) in [6.45, 7) is 7.42. The number of hydrogen-bond donors (Lipinski definition) is 1. The maximum absolute atomic E-state index is 11.4. The fraction of sp³-hybridized carbons (Fsp3) is 0.632. The van der Waals surface area contributed by atoms with E-state index in [2.05, 4.69) is 27.1 Å². The molecule has 0 aliphatic carbocycles. The van der Waals surface area contributed by atoms with Gasteiger partial charge >= 0.3 is 5.97 Å². The van der Waals surface area contributed by atoms with Gasteiger partial charge in [-0.1, -0.05) is 12.1 Å². The molecule has 1 N–H and O–H groups in total. The predicted octanol–water partition coefficient (Wildman–Crippen LogP) is 2.62. The minimum Gasteiger partial charge on any atom is -0.479 e. The van der Waals surface area contributed by atoms with Gasteiger partial charge in [0.05, 0.1) is 7.11 Å². The van der Waals surface area contributed by atoms with Gasteiger partial charge in [0.25, 0.3) is 0 Å². The van der Waals surface area contributed by atoms with Gasteiger partial charge in [0.1, 0.15) is 5.75 Å². The first-order valence-electron chi connectivity index (χ1n) is 8.87. The molecule has 1 spiro atoms. The lowest BCUT2D eigenvalue weighted by atomic mass is 9.78. The lowest BCUT2D eigenvalue weighted by Gasteiger charge is -2.33. The van der Waals surface area contributed by atoms with E-state index in [0.29, 0.717) is 11.2 Å². The molecule has 1 aromatic rings. The van der Waals surface area contributed by atoms with E-state index >= 15 is 0 Å². The van der Waals surface area contributed by atoms with Crippen molar-refractivity contribution in [1.29, 1.82) is 0 Å². The van der Waals surface area contributed by atoms with Crippen LogP contribution in [0.25, 0.3) is 0 Å². The predicted molar refractivity (Wildman–Crippen MR) is 100 cm³/mol. The molecule has 2 aliphatic rings. The van der Waals surface area contributed by atoms with Crippen molar-refractivity contribution in [2.45, 2.75) is 38.8 Å². The van der Waals surface area contributed by atoms with Gasteiger partial charge in [0.15, 0.2) is 6.10 Å². The normalized spacial score (nSPS) is 20.7. The van der Waals surface area contributed by atoms with Gasteiger partial charge < -0.3 is 14.8 Å². The van der Waals surface area contributed by atoms with Crippen LogP contribution in [0.3, 0.4) is 0 Å². The average molecular weight is 369 g/mol. The van der Waals surface area contributed by atoms with Gasteiger partial charge in [-0.3, -0.25) is 4.90 Å². The number of nitrogens with one attached hydrogen (secondary N) is 1. The smallest absolute Gasteiger partial charge is 0.346 e. The van der Waals surface area contributed by atoms with Crippen molar-refractivity contribution in [2.75, 3.05) is 33.3 Å². The minimum atomic E-state index is -0.584. The lowest BCUT2D eigenvalue weighted by Crippen LogP contribution is -2.38. The summed E-state index contributed by atoms with van der Waals surface area (Å²) in [5, 5.41) is 3.47. The highest BCUT2D eigenvalue weighted by atomic mass is 35.5. The summed E-state index contributed by atoms with van der Waals surface area (Å²) in [6, 6.07) is 8.05. The number of likely N-dealkylation sites (tertiary alicyclic amines) is 1. The van der Waals surface area contributed by atoms with Crippen LogP contribution < -0.4 is 10.1 Å². The standard InChI is InChI=1S/C19H28N2O3.ClH/c1-15(18(22)23-2)24-17-5-3-16(4-6-17)13-21-12-9-19(14-21)7-10-20-11-8-19;/h3-6,15,20H,7-14H2,1-2H3;1H. The molecule has 0 saturated carbocycles. The topological polar surface area (TPSA) is 50.8 Å². The maximum atomic E-state index is 11.4. The van der Waals surface area contributed by atoms with Crippen molar-refractivity contribution in [3.05, 3.63) is 29.8 Å². The molecule has 3 rings (SSSR count). The van der Waals surface area contributed by atoms with E-state index in [4.69, 9.17) is 4.74 Å². The lowest BCUT2D eigenvalue weighted by molar-refractivity contribution is -0.147.